The maximum Gasteiger partial charge on any atom is 0.416 e. The third kappa shape index (κ3) is 4.63. The number of hydrogen-bond acceptors (Lipinski definition) is 5. The molecule has 6 nitrogen and oxygen atoms in total. The maximum absolute atomic E-state index is 12.7. The molecule has 148 valence electrons. The number of nitrogens with zero attached hydrogens (tertiary/aromatic N) is 4. The summed E-state index contributed by atoms with van der Waals surface area (Å²) in [5, 5.41) is 16.0. The minimum Gasteiger partial charge on any atom is -0.294 e. The molecule has 0 aliphatic rings. The van der Waals surface area contributed by atoms with E-state index in [0.29, 0.717) is 11.5 Å². The summed E-state index contributed by atoms with van der Waals surface area (Å²) >= 11 is 0. The minimum atomic E-state index is -4.47. The van der Waals surface area contributed by atoms with E-state index >= 15 is 0 Å². The zero-order valence-electron chi connectivity index (χ0n) is 15.3. The van der Waals surface area contributed by atoms with Crippen molar-refractivity contribution < 1.29 is 18.0 Å². The SMILES string of the molecule is Cc1nnc(C(=N)C(=O)CC=Nc2cccc(C(F)(F)F)c2)n1-c1ccccc1. The van der Waals surface area contributed by atoms with E-state index in [-0.39, 0.29) is 23.6 Å². The number of alkyl halides is 3. The lowest BCUT2D eigenvalue weighted by molar-refractivity contribution is -0.137. The van der Waals surface area contributed by atoms with Crippen LogP contribution in [0.1, 0.15) is 23.6 Å². The van der Waals surface area contributed by atoms with Crippen LogP contribution in [-0.4, -0.2) is 32.5 Å². The number of aliphatic imine (C=N–C) groups is 1. The van der Waals surface area contributed by atoms with Crippen molar-refractivity contribution >= 4 is 23.4 Å². The summed E-state index contributed by atoms with van der Waals surface area (Å²) in [5.41, 5.74) is -0.398. The summed E-state index contributed by atoms with van der Waals surface area (Å²) in [6, 6.07) is 13.5. The Morgan fingerprint density at radius 2 is 1.86 bits per heavy atom. The van der Waals surface area contributed by atoms with Crippen LogP contribution in [0.15, 0.2) is 59.6 Å². The molecular formula is C20H16F3N5O. The zero-order valence-corrected chi connectivity index (χ0v) is 15.3. The number of ketones is 1. The molecule has 0 saturated heterocycles. The van der Waals surface area contributed by atoms with Gasteiger partial charge in [-0.05, 0) is 37.3 Å². The first kappa shape index (κ1) is 20.1. The van der Waals surface area contributed by atoms with Crippen LogP contribution in [-0.2, 0) is 11.0 Å². The summed E-state index contributed by atoms with van der Waals surface area (Å²) in [5.74, 6) is 0.0258. The number of Topliss-reactive ketones (excluding diaryl/α,β-unsaturated/α-hetero) is 1. The summed E-state index contributed by atoms with van der Waals surface area (Å²) in [4.78, 5) is 16.3. The Morgan fingerprint density at radius 1 is 1.14 bits per heavy atom. The Balaban J connectivity index is 1.75. The van der Waals surface area contributed by atoms with Crippen LogP contribution in [0.2, 0.25) is 0 Å². The topological polar surface area (TPSA) is 84.0 Å². The molecule has 3 rings (SSSR count). The molecule has 1 aromatic heterocycles. The Bertz CT molecular complexity index is 1070. The van der Waals surface area contributed by atoms with Gasteiger partial charge in [0, 0.05) is 18.3 Å². The van der Waals surface area contributed by atoms with Gasteiger partial charge in [0.2, 0.25) is 0 Å². The van der Waals surface area contributed by atoms with Crippen LogP contribution in [0.4, 0.5) is 18.9 Å². The van der Waals surface area contributed by atoms with E-state index in [4.69, 9.17) is 5.41 Å². The molecule has 0 amide bonds. The zero-order chi connectivity index (χ0) is 21.0. The highest BCUT2D eigenvalue weighted by Gasteiger charge is 2.30. The molecule has 1 N–H and O–H groups in total. The molecule has 0 atom stereocenters. The predicted octanol–water partition coefficient (Wildman–Crippen LogP) is 4.32. The van der Waals surface area contributed by atoms with Gasteiger partial charge in [0.1, 0.15) is 11.5 Å². The lowest BCUT2D eigenvalue weighted by atomic mass is 10.1. The number of benzene rings is 2. The van der Waals surface area contributed by atoms with E-state index in [1.54, 1.807) is 23.6 Å². The molecule has 1 heterocycles. The van der Waals surface area contributed by atoms with Gasteiger partial charge in [-0.3, -0.25) is 19.8 Å². The van der Waals surface area contributed by atoms with E-state index < -0.39 is 17.5 Å². The normalized spacial score (nSPS) is 11.7. The lowest BCUT2D eigenvalue weighted by Crippen LogP contribution is -2.19. The fourth-order valence-electron chi connectivity index (χ4n) is 2.63. The Labute approximate surface area is 164 Å². The standard InChI is InChI=1S/C20H16F3N5O/c1-13-26-27-19(28(13)16-8-3-2-4-9-16)18(24)17(29)10-11-25-15-7-5-6-14(12-15)20(21,22)23/h2-9,11-12,24H,10H2,1H3. The minimum absolute atomic E-state index is 0.0717. The molecule has 0 bridgehead atoms. The summed E-state index contributed by atoms with van der Waals surface area (Å²) in [7, 11) is 0. The molecule has 0 aliphatic heterocycles. The average molecular weight is 399 g/mol. The van der Waals surface area contributed by atoms with Crippen LogP contribution in [0, 0.1) is 12.3 Å². The molecule has 0 unspecified atom stereocenters. The van der Waals surface area contributed by atoms with Crippen LogP contribution in [0.25, 0.3) is 5.69 Å². The number of rotatable bonds is 6. The van der Waals surface area contributed by atoms with Gasteiger partial charge in [0.25, 0.3) is 0 Å². The first-order valence-corrected chi connectivity index (χ1v) is 8.56. The number of aryl methyl sites for hydroxylation is 1. The second kappa shape index (κ2) is 8.17. The van der Waals surface area contributed by atoms with Crippen molar-refractivity contribution in [3.05, 3.63) is 71.8 Å². The van der Waals surface area contributed by atoms with Crippen molar-refractivity contribution in [2.24, 2.45) is 4.99 Å². The molecule has 0 aliphatic carbocycles. The molecule has 0 fully saturated rings. The first-order chi connectivity index (χ1) is 13.8. The van der Waals surface area contributed by atoms with Crippen LogP contribution in [0.5, 0.6) is 0 Å². The van der Waals surface area contributed by atoms with Crippen molar-refractivity contribution in [3.8, 4) is 5.69 Å². The monoisotopic (exact) mass is 399 g/mol. The predicted molar refractivity (Wildman–Crippen MR) is 102 cm³/mol. The molecule has 0 saturated carbocycles. The van der Waals surface area contributed by atoms with Crippen LogP contribution >= 0.6 is 0 Å². The quantitative estimate of drug-likeness (QED) is 0.627. The molecule has 0 radical (unpaired) electrons. The van der Waals surface area contributed by atoms with Crippen molar-refractivity contribution in [1.29, 1.82) is 5.41 Å². The molecule has 2 aromatic carbocycles. The maximum atomic E-state index is 12.7. The summed E-state index contributed by atoms with van der Waals surface area (Å²) < 4.78 is 39.8. The Kier molecular flexibility index (Phi) is 5.67. The number of para-hydroxylation sites is 1. The highest BCUT2D eigenvalue weighted by molar-refractivity contribution is 6.45. The molecule has 0 spiro atoms. The molecular weight excluding hydrogens is 383 g/mol. The van der Waals surface area contributed by atoms with Crippen LogP contribution < -0.4 is 0 Å². The Hall–Kier alpha value is -3.62. The fourth-order valence-corrected chi connectivity index (χ4v) is 2.63. The number of hydrogen-bond donors (Lipinski definition) is 1. The first-order valence-electron chi connectivity index (χ1n) is 8.56. The van der Waals surface area contributed by atoms with E-state index in [1.807, 2.05) is 18.2 Å². The third-order valence-electron chi connectivity index (χ3n) is 4.03. The number of halogens is 3. The van der Waals surface area contributed by atoms with E-state index in [9.17, 15) is 18.0 Å². The largest absolute Gasteiger partial charge is 0.416 e. The summed E-state index contributed by atoms with van der Waals surface area (Å²) in [6.07, 6.45) is -3.54. The lowest BCUT2D eigenvalue weighted by Gasteiger charge is -2.08. The van der Waals surface area contributed by atoms with Gasteiger partial charge in [-0.1, -0.05) is 24.3 Å². The second-order valence-corrected chi connectivity index (χ2v) is 6.10. The van der Waals surface area contributed by atoms with Gasteiger partial charge in [-0.25, -0.2) is 0 Å². The highest BCUT2D eigenvalue weighted by Crippen LogP contribution is 2.31. The highest BCUT2D eigenvalue weighted by atomic mass is 19.4. The number of aromatic nitrogens is 3. The third-order valence-corrected chi connectivity index (χ3v) is 4.03. The molecule has 3 aromatic rings. The van der Waals surface area contributed by atoms with Crippen molar-refractivity contribution in [2.45, 2.75) is 19.5 Å². The number of carbonyl (C=O) groups is 1. The van der Waals surface area contributed by atoms with E-state index in [0.717, 1.165) is 12.1 Å². The van der Waals surface area contributed by atoms with Crippen LogP contribution in [0.3, 0.4) is 0 Å². The van der Waals surface area contributed by atoms with E-state index in [2.05, 4.69) is 15.2 Å². The molecule has 9 heteroatoms. The van der Waals surface area contributed by atoms with Gasteiger partial charge in [-0.2, -0.15) is 13.2 Å². The average Bonchev–Trinajstić information content (AvgIpc) is 3.09. The van der Waals surface area contributed by atoms with Gasteiger partial charge in [0.05, 0.1) is 11.3 Å². The number of nitrogens with one attached hydrogen (secondary N) is 1. The van der Waals surface area contributed by atoms with Gasteiger partial charge in [0.15, 0.2) is 11.6 Å². The van der Waals surface area contributed by atoms with Gasteiger partial charge < -0.3 is 0 Å². The Morgan fingerprint density at radius 3 is 2.55 bits per heavy atom. The number of carbonyl (C=O) groups excluding carboxylic acids is 1. The van der Waals surface area contributed by atoms with E-state index in [1.165, 1.54) is 18.3 Å². The molecule has 29 heavy (non-hydrogen) atoms. The van der Waals surface area contributed by atoms with Gasteiger partial charge >= 0.3 is 6.18 Å². The summed E-state index contributed by atoms with van der Waals surface area (Å²) in [6.45, 7) is 1.70. The van der Waals surface area contributed by atoms with Crippen molar-refractivity contribution in [1.82, 2.24) is 14.8 Å². The van der Waals surface area contributed by atoms with Crippen molar-refractivity contribution in [3.63, 3.8) is 0 Å². The smallest absolute Gasteiger partial charge is 0.294 e. The fraction of sp³-hybridized carbons (Fsp3) is 0.150. The second-order valence-electron chi connectivity index (χ2n) is 6.10. The van der Waals surface area contributed by atoms with Crippen molar-refractivity contribution in [2.75, 3.05) is 0 Å². The van der Waals surface area contributed by atoms with Gasteiger partial charge in [-0.15, -0.1) is 10.2 Å².